The average molecular weight is 354 g/mol. The van der Waals surface area contributed by atoms with Gasteiger partial charge in [0.05, 0.1) is 20.3 Å². The van der Waals surface area contributed by atoms with Gasteiger partial charge in [-0.15, -0.1) is 0 Å². The van der Waals surface area contributed by atoms with Crippen molar-refractivity contribution >= 4 is 11.6 Å². The number of methoxy groups -OCH3 is 2. The molecule has 1 amide bonds. The van der Waals surface area contributed by atoms with E-state index in [9.17, 15) is 4.79 Å². The number of hydrogen-bond donors (Lipinski definition) is 0. The van der Waals surface area contributed by atoms with Crippen molar-refractivity contribution in [3.05, 3.63) is 53.1 Å². The van der Waals surface area contributed by atoms with E-state index in [-0.39, 0.29) is 11.9 Å². The monoisotopic (exact) mass is 354 g/mol. The summed E-state index contributed by atoms with van der Waals surface area (Å²) < 4.78 is 11.0. The lowest BCUT2D eigenvalue weighted by molar-refractivity contribution is 0.0675. The number of amides is 1. The van der Waals surface area contributed by atoms with E-state index in [1.54, 1.807) is 14.2 Å². The van der Waals surface area contributed by atoms with Gasteiger partial charge in [0, 0.05) is 43.5 Å². The van der Waals surface area contributed by atoms with Crippen molar-refractivity contribution in [1.82, 2.24) is 4.90 Å². The van der Waals surface area contributed by atoms with Gasteiger partial charge < -0.3 is 19.3 Å². The largest absolute Gasteiger partial charge is 0.497 e. The minimum Gasteiger partial charge on any atom is -0.497 e. The minimum absolute atomic E-state index is 0.0460. The smallest absolute Gasteiger partial charge is 0.254 e. The number of carbonyl (C=O) groups is 1. The number of benzene rings is 2. The molecule has 0 aliphatic carbocycles. The average Bonchev–Trinajstić information content (AvgIpc) is 2.66. The van der Waals surface area contributed by atoms with Crippen LogP contribution < -0.4 is 14.4 Å². The summed E-state index contributed by atoms with van der Waals surface area (Å²) in [7, 11) is 7.26. The van der Waals surface area contributed by atoms with Crippen LogP contribution in [0.25, 0.3) is 0 Å². The van der Waals surface area contributed by atoms with Crippen LogP contribution >= 0.6 is 0 Å². The van der Waals surface area contributed by atoms with E-state index >= 15 is 0 Å². The third-order valence-electron chi connectivity index (χ3n) is 5.03. The van der Waals surface area contributed by atoms with Gasteiger partial charge in [0.2, 0.25) is 0 Å². The number of rotatable bonds is 4. The second-order valence-electron chi connectivity index (χ2n) is 6.77. The molecule has 1 atom stereocenters. The Labute approximate surface area is 155 Å². The number of fused-ring (bicyclic) bond motifs is 1. The van der Waals surface area contributed by atoms with Gasteiger partial charge in [-0.3, -0.25) is 4.79 Å². The van der Waals surface area contributed by atoms with Crippen LogP contribution in [-0.2, 0) is 6.42 Å². The van der Waals surface area contributed by atoms with Gasteiger partial charge in [-0.05, 0) is 43.2 Å². The zero-order valence-electron chi connectivity index (χ0n) is 16.1. The van der Waals surface area contributed by atoms with Crippen molar-refractivity contribution in [3.63, 3.8) is 0 Å². The first-order valence-corrected chi connectivity index (χ1v) is 8.79. The maximum atomic E-state index is 13.2. The first-order chi connectivity index (χ1) is 12.5. The Morgan fingerprint density at radius 1 is 1.15 bits per heavy atom. The predicted molar refractivity (Wildman–Crippen MR) is 103 cm³/mol. The van der Waals surface area contributed by atoms with E-state index in [2.05, 4.69) is 6.92 Å². The maximum Gasteiger partial charge on any atom is 0.254 e. The molecule has 1 aliphatic heterocycles. The molecule has 0 saturated heterocycles. The van der Waals surface area contributed by atoms with Crippen molar-refractivity contribution in [2.24, 2.45) is 0 Å². The van der Waals surface area contributed by atoms with E-state index in [4.69, 9.17) is 9.47 Å². The standard InChI is InChI=1S/C21H26N2O3/c1-14-20-15(12-18(25-4)13-19(20)26-5)9-10-23(14)21(24)16-7-6-8-17(11-16)22(2)3/h6-8,11-14H,9-10H2,1-5H3. The Morgan fingerprint density at radius 2 is 1.92 bits per heavy atom. The molecule has 0 saturated carbocycles. The lowest BCUT2D eigenvalue weighted by atomic mass is 9.91. The highest BCUT2D eigenvalue weighted by molar-refractivity contribution is 5.95. The molecule has 0 bridgehead atoms. The first kappa shape index (κ1) is 18.1. The highest BCUT2D eigenvalue weighted by atomic mass is 16.5. The Morgan fingerprint density at radius 3 is 2.58 bits per heavy atom. The number of hydrogen-bond acceptors (Lipinski definition) is 4. The predicted octanol–water partition coefficient (Wildman–Crippen LogP) is 3.53. The molecular formula is C21H26N2O3. The van der Waals surface area contributed by atoms with Gasteiger partial charge in [-0.25, -0.2) is 0 Å². The van der Waals surface area contributed by atoms with Gasteiger partial charge in [0.25, 0.3) is 5.91 Å². The first-order valence-electron chi connectivity index (χ1n) is 8.79. The number of anilines is 1. The molecule has 1 heterocycles. The summed E-state index contributed by atoms with van der Waals surface area (Å²) in [5.74, 6) is 1.60. The lowest BCUT2D eigenvalue weighted by Crippen LogP contribution is -2.39. The van der Waals surface area contributed by atoms with E-state index in [0.29, 0.717) is 12.1 Å². The van der Waals surface area contributed by atoms with Gasteiger partial charge in [-0.2, -0.15) is 0 Å². The second kappa shape index (κ2) is 7.28. The van der Waals surface area contributed by atoms with Crippen molar-refractivity contribution < 1.29 is 14.3 Å². The molecular weight excluding hydrogens is 328 g/mol. The Balaban J connectivity index is 1.95. The molecule has 3 rings (SSSR count). The molecule has 1 unspecified atom stereocenters. The van der Waals surface area contributed by atoms with Crippen LogP contribution in [0, 0.1) is 0 Å². The summed E-state index contributed by atoms with van der Waals surface area (Å²) in [6.07, 6.45) is 0.784. The zero-order valence-corrected chi connectivity index (χ0v) is 16.1. The molecule has 0 N–H and O–H groups in total. The van der Waals surface area contributed by atoms with Crippen LogP contribution in [0.5, 0.6) is 11.5 Å². The lowest BCUT2D eigenvalue weighted by Gasteiger charge is -2.36. The Kier molecular flexibility index (Phi) is 5.07. The molecule has 26 heavy (non-hydrogen) atoms. The van der Waals surface area contributed by atoms with Gasteiger partial charge in [0.1, 0.15) is 11.5 Å². The summed E-state index contributed by atoms with van der Waals surface area (Å²) in [4.78, 5) is 17.1. The molecule has 5 nitrogen and oxygen atoms in total. The van der Waals surface area contributed by atoms with Crippen LogP contribution in [0.4, 0.5) is 5.69 Å². The fraction of sp³-hybridized carbons (Fsp3) is 0.381. The Hall–Kier alpha value is -2.69. The highest BCUT2D eigenvalue weighted by Crippen LogP contribution is 2.39. The normalized spacial score (nSPS) is 16.0. The Bertz CT molecular complexity index is 800. The second-order valence-corrected chi connectivity index (χ2v) is 6.77. The topological polar surface area (TPSA) is 42.0 Å². The van der Waals surface area contributed by atoms with Crippen LogP contribution in [0.15, 0.2) is 36.4 Å². The summed E-state index contributed by atoms with van der Waals surface area (Å²) in [5, 5.41) is 0. The van der Waals surface area contributed by atoms with E-state index in [1.807, 2.05) is 60.3 Å². The fourth-order valence-corrected chi connectivity index (χ4v) is 3.57. The van der Waals surface area contributed by atoms with Crippen molar-refractivity contribution in [2.75, 3.05) is 39.8 Å². The maximum absolute atomic E-state index is 13.2. The molecule has 138 valence electrons. The minimum atomic E-state index is -0.0601. The molecule has 0 spiro atoms. The summed E-state index contributed by atoms with van der Waals surface area (Å²) in [6, 6.07) is 11.6. The quantitative estimate of drug-likeness (QED) is 0.842. The molecule has 0 fully saturated rings. The molecule has 0 radical (unpaired) electrons. The van der Waals surface area contributed by atoms with Gasteiger partial charge in [-0.1, -0.05) is 6.07 Å². The van der Waals surface area contributed by atoms with Crippen molar-refractivity contribution in [2.45, 2.75) is 19.4 Å². The van der Waals surface area contributed by atoms with Crippen molar-refractivity contribution in [1.29, 1.82) is 0 Å². The molecule has 2 aromatic rings. The summed E-state index contributed by atoms with van der Waals surface area (Å²) >= 11 is 0. The van der Waals surface area contributed by atoms with Crippen LogP contribution in [0.1, 0.15) is 34.5 Å². The zero-order chi connectivity index (χ0) is 18.8. The van der Waals surface area contributed by atoms with Crippen LogP contribution in [-0.4, -0.2) is 45.7 Å². The SMILES string of the molecule is COc1cc2c(c(OC)c1)C(C)N(C(=O)c1cccc(N(C)C)c1)CC2. The van der Waals surface area contributed by atoms with Gasteiger partial charge in [0.15, 0.2) is 0 Å². The summed E-state index contributed by atoms with van der Waals surface area (Å²) in [5.41, 5.74) is 3.97. The summed E-state index contributed by atoms with van der Waals surface area (Å²) in [6.45, 7) is 2.73. The third kappa shape index (κ3) is 3.21. The molecule has 0 aromatic heterocycles. The highest BCUT2D eigenvalue weighted by Gasteiger charge is 2.31. The van der Waals surface area contributed by atoms with E-state index < -0.39 is 0 Å². The number of nitrogens with zero attached hydrogens (tertiary/aromatic N) is 2. The molecule has 2 aromatic carbocycles. The third-order valence-corrected chi connectivity index (χ3v) is 5.03. The molecule has 1 aliphatic rings. The number of ether oxygens (including phenoxy) is 2. The van der Waals surface area contributed by atoms with E-state index in [0.717, 1.165) is 29.2 Å². The van der Waals surface area contributed by atoms with Gasteiger partial charge >= 0.3 is 0 Å². The van der Waals surface area contributed by atoms with Crippen LogP contribution in [0.2, 0.25) is 0 Å². The van der Waals surface area contributed by atoms with E-state index in [1.165, 1.54) is 5.56 Å². The number of carbonyl (C=O) groups excluding carboxylic acids is 1. The van der Waals surface area contributed by atoms with Crippen molar-refractivity contribution in [3.8, 4) is 11.5 Å². The van der Waals surface area contributed by atoms with Crippen LogP contribution in [0.3, 0.4) is 0 Å². The fourth-order valence-electron chi connectivity index (χ4n) is 3.57. The molecule has 5 heteroatoms.